The van der Waals surface area contributed by atoms with Crippen molar-refractivity contribution in [3.05, 3.63) is 20.8 Å². The van der Waals surface area contributed by atoms with Gasteiger partial charge in [0.05, 0.1) is 0 Å². The van der Waals surface area contributed by atoms with Gasteiger partial charge in [0.25, 0.3) is 5.56 Å². The molecule has 15 heavy (non-hydrogen) atoms. The van der Waals surface area contributed by atoms with Gasteiger partial charge in [-0.05, 0) is 20.8 Å². The van der Waals surface area contributed by atoms with Crippen molar-refractivity contribution < 1.29 is 0 Å². The Balaban J connectivity index is 3.39. The Morgan fingerprint density at radius 2 is 2.07 bits per heavy atom. The molecule has 6 heteroatoms. The van der Waals surface area contributed by atoms with Crippen molar-refractivity contribution in [1.82, 2.24) is 9.55 Å². The molecule has 0 aliphatic rings. The maximum absolute atomic E-state index is 11.5. The van der Waals surface area contributed by atoms with Crippen LogP contribution in [0.15, 0.2) is 9.59 Å². The zero-order valence-corrected chi connectivity index (χ0v) is 9.13. The van der Waals surface area contributed by atoms with Gasteiger partial charge in [-0.15, -0.1) is 0 Å². The Hall–Kier alpha value is -1.72. The number of nitrogens with zero attached hydrogens (tertiary/aromatic N) is 1. The third-order valence-corrected chi connectivity index (χ3v) is 1.99. The van der Waals surface area contributed by atoms with Gasteiger partial charge in [-0.25, -0.2) is 4.79 Å². The van der Waals surface area contributed by atoms with Crippen molar-refractivity contribution >= 4 is 11.5 Å². The van der Waals surface area contributed by atoms with Crippen LogP contribution in [-0.4, -0.2) is 15.6 Å². The van der Waals surface area contributed by atoms with Crippen LogP contribution in [0.5, 0.6) is 0 Å². The Bertz CT molecular complexity index is 458. The van der Waals surface area contributed by atoms with E-state index in [4.69, 9.17) is 5.73 Å². The summed E-state index contributed by atoms with van der Waals surface area (Å²) >= 11 is 0. The standard InChI is InChI=1S/C9H16N4O2/c1-4-13-7(10)6(11-5(2)3)8(14)12-9(13)15/h5,11H,4,10H2,1-3H3,(H,12,14,15). The molecule has 0 bridgehead atoms. The van der Waals surface area contributed by atoms with Crippen LogP contribution >= 0.6 is 0 Å². The van der Waals surface area contributed by atoms with E-state index in [1.165, 1.54) is 4.57 Å². The second-order valence-corrected chi connectivity index (χ2v) is 3.56. The second-order valence-electron chi connectivity index (χ2n) is 3.56. The minimum absolute atomic E-state index is 0.0798. The van der Waals surface area contributed by atoms with E-state index in [1.54, 1.807) is 6.92 Å². The number of rotatable bonds is 3. The topological polar surface area (TPSA) is 92.9 Å². The number of aromatic amines is 1. The Morgan fingerprint density at radius 1 is 1.47 bits per heavy atom. The molecule has 0 atom stereocenters. The summed E-state index contributed by atoms with van der Waals surface area (Å²) in [5, 5.41) is 2.91. The van der Waals surface area contributed by atoms with E-state index in [1.807, 2.05) is 13.8 Å². The van der Waals surface area contributed by atoms with Gasteiger partial charge in [0.15, 0.2) is 0 Å². The van der Waals surface area contributed by atoms with Gasteiger partial charge in [-0.3, -0.25) is 14.3 Å². The van der Waals surface area contributed by atoms with E-state index in [2.05, 4.69) is 10.3 Å². The van der Waals surface area contributed by atoms with E-state index in [0.29, 0.717) is 6.54 Å². The number of hydrogen-bond donors (Lipinski definition) is 3. The monoisotopic (exact) mass is 212 g/mol. The number of hydrogen-bond acceptors (Lipinski definition) is 4. The lowest BCUT2D eigenvalue weighted by Crippen LogP contribution is -2.34. The fourth-order valence-corrected chi connectivity index (χ4v) is 1.33. The summed E-state index contributed by atoms with van der Waals surface area (Å²) in [6.45, 7) is 5.99. The van der Waals surface area contributed by atoms with Crippen LogP contribution in [0.1, 0.15) is 20.8 Å². The molecule has 1 aromatic heterocycles. The van der Waals surface area contributed by atoms with E-state index < -0.39 is 11.2 Å². The van der Waals surface area contributed by atoms with E-state index in [9.17, 15) is 9.59 Å². The smallest absolute Gasteiger partial charge is 0.330 e. The number of nitrogens with two attached hydrogens (primary N) is 1. The second kappa shape index (κ2) is 4.20. The van der Waals surface area contributed by atoms with E-state index in [-0.39, 0.29) is 17.5 Å². The van der Waals surface area contributed by atoms with E-state index >= 15 is 0 Å². The third-order valence-electron chi connectivity index (χ3n) is 1.99. The lowest BCUT2D eigenvalue weighted by molar-refractivity contribution is 0.704. The van der Waals surface area contributed by atoms with Crippen LogP contribution in [0, 0.1) is 0 Å². The van der Waals surface area contributed by atoms with Gasteiger partial charge in [0.2, 0.25) is 0 Å². The Morgan fingerprint density at radius 3 is 2.53 bits per heavy atom. The summed E-state index contributed by atoms with van der Waals surface area (Å²) in [5.41, 5.74) is 5.03. The van der Waals surface area contributed by atoms with Crippen LogP contribution in [0.2, 0.25) is 0 Å². The number of H-pyrrole nitrogens is 1. The van der Waals surface area contributed by atoms with Crippen molar-refractivity contribution in [3.63, 3.8) is 0 Å². The summed E-state index contributed by atoms with van der Waals surface area (Å²) in [7, 11) is 0. The average molecular weight is 212 g/mol. The molecule has 84 valence electrons. The maximum atomic E-state index is 11.5. The summed E-state index contributed by atoms with van der Waals surface area (Å²) in [6, 6.07) is 0.0798. The first kappa shape index (κ1) is 11.4. The predicted octanol–water partition coefficient (Wildman–Crippen LogP) is -0.0410. The molecule has 0 spiro atoms. The van der Waals surface area contributed by atoms with Crippen molar-refractivity contribution in [3.8, 4) is 0 Å². The molecule has 1 aromatic rings. The molecule has 0 saturated heterocycles. The molecule has 1 heterocycles. The average Bonchev–Trinajstić information content (AvgIpc) is 2.12. The molecular weight excluding hydrogens is 196 g/mol. The summed E-state index contributed by atoms with van der Waals surface area (Å²) in [6.07, 6.45) is 0. The highest BCUT2D eigenvalue weighted by atomic mass is 16.2. The van der Waals surface area contributed by atoms with E-state index in [0.717, 1.165) is 0 Å². The summed E-state index contributed by atoms with van der Waals surface area (Å²) < 4.78 is 1.31. The molecule has 0 aliphatic carbocycles. The molecule has 0 fully saturated rings. The van der Waals surface area contributed by atoms with Crippen LogP contribution < -0.4 is 22.3 Å². The van der Waals surface area contributed by atoms with Gasteiger partial charge < -0.3 is 11.1 Å². The van der Waals surface area contributed by atoms with Crippen LogP contribution in [0.25, 0.3) is 0 Å². The van der Waals surface area contributed by atoms with Crippen molar-refractivity contribution in [2.75, 3.05) is 11.1 Å². The highest BCUT2D eigenvalue weighted by Crippen LogP contribution is 2.10. The molecule has 0 aromatic carbocycles. The van der Waals surface area contributed by atoms with Crippen molar-refractivity contribution in [2.45, 2.75) is 33.4 Å². The molecule has 6 nitrogen and oxygen atoms in total. The quantitative estimate of drug-likeness (QED) is 0.655. The fourth-order valence-electron chi connectivity index (χ4n) is 1.33. The maximum Gasteiger partial charge on any atom is 0.330 e. The first-order chi connectivity index (χ1) is 6.97. The Kier molecular flexibility index (Phi) is 3.18. The lowest BCUT2D eigenvalue weighted by atomic mass is 10.3. The molecule has 0 saturated carbocycles. The number of nitrogen functional groups attached to an aromatic ring is 1. The minimum atomic E-state index is -0.477. The zero-order chi connectivity index (χ0) is 11.6. The number of anilines is 2. The van der Waals surface area contributed by atoms with Crippen molar-refractivity contribution in [1.29, 1.82) is 0 Å². The van der Waals surface area contributed by atoms with Crippen LogP contribution in [0.4, 0.5) is 11.5 Å². The van der Waals surface area contributed by atoms with Gasteiger partial charge in [0, 0.05) is 12.6 Å². The molecule has 0 amide bonds. The highest BCUT2D eigenvalue weighted by Gasteiger charge is 2.11. The normalized spacial score (nSPS) is 10.7. The summed E-state index contributed by atoms with van der Waals surface area (Å²) in [5.74, 6) is 0.181. The van der Waals surface area contributed by atoms with Crippen molar-refractivity contribution in [2.24, 2.45) is 0 Å². The van der Waals surface area contributed by atoms with Gasteiger partial charge in [0.1, 0.15) is 11.5 Å². The first-order valence-corrected chi connectivity index (χ1v) is 4.86. The number of nitrogens with one attached hydrogen (secondary N) is 2. The minimum Gasteiger partial charge on any atom is -0.383 e. The fraction of sp³-hybridized carbons (Fsp3) is 0.556. The molecule has 0 aliphatic heterocycles. The molecule has 4 N–H and O–H groups in total. The van der Waals surface area contributed by atoms with Gasteiger partial charge in [-0.2, -0.15) is 0 Å². The Labute approximate surface area is 87.1 Å². The lowest BCUT2D eigenvalue weighted by Gasteiger charge is -2.14. The third kappa shape index (κ3) is 2.20. The summed E-state index contributed by atoms with van der Waals surface area (Å²) in [4.78, 5) is 25.0. The molecule has 0 unspecified atom stereocenters. The molecule has 0 radical (unpaired) electrons. The molecule has 1 rings (SSSR count). The van der Waals surface area contributed by atoms with Crippen LogP contribution in [0.3, 0.4) is 0 Å². The highest BCUT2D eigenvalue weighted by molar-refractivity contribution is 5.60. The molecular formula is C9H16N4O2. The first-order valence-electron chi connectivity index (χ1n) is 4.86. The number of aromatic nitrogens is 2. The SMILES string of the molecule is CCn1c(N)c(NC(C)C)c(=O)[nH]c1=O. The zero-order valence-electron chi connectivity index (χ0n) is 9.13. The largest absolute Gasteiger partial charge is 0.383 e. The van der Waals surface area contributed by atoms with Gasteiger partial charge >= 0.3 is 5.69 Å². The van der Waals surface area contributed by atoms with Gasteiger partial charge in [-0.1, -0.05) is 0 Å². The predicted molar refractivity (Wildman–Crippen MR) is 60.2 cm³/mol. The van der Waals surface area contributed by atoms with Crippen LogP contribution in [-0.2, 0) is 6.54 Å².